The molecule has 0 aliphatic rings. The van der Waals surface area contributed by atoms with Crippen LogP contribution >= 0.6 is 0 Å². The second kappa shape index (κ2) is 9.88. The minimum absolute atomic E-state index is 0. The highest BCUT2D eigenvalue weighted by Crippen LogP contribution is 2.04. The van der Waals surface area contributed by atoms with E-state index in [1.807, 2.05) is 30.3 Å². The van der Waals surface area contributed by atoms with E-state index in [0.717, 1.165) is 5.56 Å². The van der Waals surface area contributed by atoms with Crippen LogP contribution in [0.1, 0.15) is 26.3 Å². The number of hydrogen-bond donors (Lipinski definition) is 5. The quantitative estimate of drug-likeness (QED) is 0.357. The fourth-order valence-electron chi connectivity index (χ4n) is 1.93. The van der Waals surface area contributed by atoms with Gasteiger partial charge in [0.15, 0.2) is 0 Å². The summed E-state index contributed by atoms with van der Waals surface area (Å²) in [5.41, 5.74) is 8.31. The van der Waals surface area contributed by atoms with Crippen LogP contribution in [0.5, 0.6) is 0 Å². The van der Waals surface area contributed by atoms with Crippen molar-refractivity contribution in [3.63, 3.8) is 0 Å². The van der Waals surface area contributed by atoms with Crippen LogP contribution in [0, 0.1) is 0 Å². The number of carbonyl (C=O) groups is 2. The summed E-state index contributed by atoms with van der Waals surface area (Å²) in [6, 6.07) is 7.87. The van der Waals surface area contributed by atoms with Gasteiger partial charge in [-0.25, -0.2) is 5.48 Å². The van der Waals surface area contributed by atoms with E-state index in [2.05, 4.69) is 5.32 Å². The number of rotatable bonds is 7. The van der Waals surface area contributed by atoms with Crippen LogP contribution < -0.4 is 16.5 Å². The summed E-state index contributed by atoms with van der Waals surface area (Å²) in [5, 5.41) is 20.3. The maximum absolute atomic E-state index is 11.8. The van der Waals surface area contributed by atoms with Crippen LogP contribution in [-0.4, -0.2) is 40.3 Å². The van der Waals surface area contributed by atoms with Gasteiger partial charge in [-0.2, -0.15) is 0 Å². The summed E-state index contributed by atoms with van der Waals surface area (Å²) < 4.78 is 0. The molecule has 0 aliphatic carbocycles. The summed E-state index contributed by atoms with van der Waals surface area (Å²) >= 11 is 0. The molecule has 1 aromatic carbocycles. The molecule has 6 N–H and O–H groups in total. The highest BCUT2D eigenvalue weighted by Gasteiger charge is 2.25. The van der Waals surface area contributed by atoms with Crippen molar-refractivity contribution in [2.75, 3.05) is 0 Å². The predicted octanol–water partition coefficient (Wildman–Crippen LogP) is -0.0464. The van der Waals surface area contributed by atoms with E-state index >= 15 is 0 Å². The van der Waals surface area contributed by atoms with Crippen LogP contribution in [0.25, 0.3) is 0 Å². The first-order valence-corrected chi connectivity index (χ1v) is 6.65. The lowest BCUT2D eigenvalue weighted by Gasteiger charge is -2.20. The zero-order valence-corrected chi connectivity index (χ0v) is 11.8. The highest BCUT2D eigenvalue weighted by molar-refractivity contribution is 5.87. The molecule has 2 amide bonds. The van der Waals surface area contributed by atoms with Gasteiger partial charge in [-0.05, 0) is 18.9 Å². The Hall–Kier alpha value is -1.96. The molecule has 1 aromatic rings. The van der Waals surface area contributed by atoms with Crippen LogP contribution in [0.3, 0.4) is 0 Å². The predicted molar refractivity (Wildman–Crippen MR) is 83.0 cm³/mol. The minimum atomic E-state index is -1.22. The van der Waals surface area contributed by atoms with Crippen molar-refractivity contribution in [2.24, 2.45) is 5.73 Å². The Bertz CT molecular complexity index is 465. The molecule has 0 bridgehead atoms. The topological polar surface area (TPSA) is 125 Å². The van der Waals surface area contributed by atoms with E-state index in [1.54, 1.807) is 0 Å². The number of benzene rings is 1. The van der Waals surface area contributed by atoms with E-state index in [1.165, 1.54) is 12.4 Å². The first kappa shape index (κ1) is 20.0. The van der Waals surface area contributed by atoms with Crippen molar-refractivity contribution in [3.05, 3.63) is 35.9 Å². The fourth-order valence-corrected chi connectivity index (χ4v) is 1.93. The molecule has 0 fully saturated rings. The van der Waals surface area contributed by atoms with Gasteiger partial charge < -0.3 is 16.2 Å². The molecule has 0 saturated heterocycles. The second-order valence-electron chi connectivity index (χ2n) is 4.92. The average molecular weight is 311 g/mol. The van der Waals surface area contributed by atoms with Gasteiger partial charge in [0.2, 0.25) is 5.91 Å². The van der Waals surface area contributed by atoms with Crippen molar-refractivity contribution >= 4 is 11.8 Å². The Labute approximate surface area is 130 Å². The molecule has 1 rings (SSSR count). The maximum Gasteiger partial charge on any atom is 0.268 e. The molecule has 0 unspecified atom stereocenters. The van der Waals surface area contributed by atoms with Crippen LogP contribution in [-0.2, 0) is 16.0 Å². The smallest absolute Gasteiger partial charge is 0.268 e. The zero-order chi connectivity index (χ0) is 15.8. The van der Waals surface area contributed by atoms with Gasteiger partial charge in [0.1, 0.15) is 6.04 Å². The molecule has 0 aromatic heterocycles. The summed E-state index contributed by atoms with van der Waals surface area (Å²) in [5.74, 6) is -1.34. The van der Waals surface area contributed by atoms with Gasteiger partial charge in [0.25, 0.3) is 5.91 Å². The van der Waals surface area contributed by atoms with E-state index in [0.29, 0.717) is 6.42 Å². The summed E-state index contributed by atoms with van der Waals surface area (Å²) in [6.45, 7) is 1.34. The molecule has 0 aliphatic heterocycles. The van der Waals surface area contributed by atoms with E-state index in [4.69, 9.17) is 10.9 Å². The number of aliphatic hydroxyl groups excluding tert-OH is 1. The third-order valence-electron chi connectivity index (χ3n) is 2.98. The first-order valence-electron chi connectivity index (χ1n) is 6.65. The fraction of sp³-hybridized carbons (Fsp3) is 0.467. The highest BCUT2D eigenvalue weighted by atomic mass is 16.5. The molecule has 7 nitrogen and oxygen atoms in total. The second-order valence-corrected chi connectivity index (χ2v) is 4.92. The molecule has 0 radical (unpaired) electrons. The summed E-state index contributed by atoms with van der Waals surface area (Å²) in [4.78, 5) is 23.1. The summed E-state index contributed by atoms with van der Waals surface area (Å²) in [7, 11) is 0. The third-order valence-corrected chi connectivity index (χ3v) is 2.98. The lowest BCUT2D eigenvalue weighted by Crippen LogP contribution is -2.52. The number of nitrogens with one attached hydrogen (secondary N) is 2. The van der Waals surface area contributed by atoms with Gasteiger partial charge in [0, 0.05) is 12.5 Å². The zero-order valence-electron chi connectivity index (χ0n) is 11.8. The van der Waals surface area contributed by atoms with E-state index in [-0.39, 0.29) is 13.8 Å². The Kier molecular flexibility index (Phi) is 9.00. The Morgan fingerprint density at radius 2 is 1.86 bits per heavy atom. The van der Waals surface area contributed by atoms with Crippen LogP contribution in [0.2, 0.25) is 0 Å². The van der Waals surface area contributed by atoms with Crippen molar-refractivity contribution < 1.29 is 19.9 Å². The van der Waals surface area contributed by atoms with Crippen molar-refractivity contribution in [1.82, 2.24) is 10.8 Å². The number of nitrogens with two attached hydrogens (primary N) is 1. The number of carbonyl (C=O) groups excluding carboxylic acids is 2. The SMILES string of the molecule is C.C[C@@H](O)[C@H](NC(=O)C[C@@H](N)Cc1ccccc1)C(=O)NO. The number of aliphatic hydroxyl groups is 1. The lowest BCUT2D eigenvalue weighted by molar-refractivity contribution is -0.137. The van der Waals surface area contributed by atoms with Crippen LogP contribution in [0.4, 0.5) is 0 Å². The molecular weight excluding hydrogens is 286 g/mol. The number of hydrogen-bond acceptors (Lipinski definition) is 5. The van der Waals surface area contributed by atoms with Crippen molar-refractivity contribution in [3.8, 4) is 0 Å². The first-order chi connectivity index (χ1) is 9.93. The monoisotopic (exact) mass is 311 g/mol. The standard InChI is InChI=1S/C14H21N3O4.CH4/c1-9(18)13(14(20)17-21)16-12(19)8-11(15)7-10-5-3-2-4-6-10;/h2-6,9,11,13,18,21H,7-8,15H2,1H3,(H,16,19)(H,17,20);1H4/t9-,11+,13+;/m1./s1. The molecule has 3 atom stereocenters. The lowest BCUT2D eigenvalue weighted by atomic mass is 10.0. The molecule has 7 heteroatoms. The van der Waals surface area contributed by atoms with Gasteiger partial charge in [-0.3, -0.25) is 14.8 Å². The van der Waals surface area contributed by atoms with Crippen molar-refractivity contribution in [1.29, 1.82) is 0 Å². The van der Waals surface area contributed by atoms with E-state index < -0.39 is 30.0 Å². The van der Waals surface area contributed by atoms with Gasteiger partial charge in [0.05, 0.1) is 6.10 Å². The van der Waals surface area contributed by atoms with E-state index in [9.17, 15) is 14.7 Å². The Morgan fingerprint density at radius 1 is 1.27 bits per heavy atom. The molecular formula is C15H25N3O4. The Balaban J connectivity index is 0.00000441. The molecule has 0 heterocycles. The van der Waals surface area contributed by atoms with Gasteiger partial charge >= 0.3 is 0 Å². The molecule has 22 heavy (non-hydrogen) atoms. The molecule has 124 valence electrons. The largest absolute Gasteiger partial charge is 0.391 e. The Morgan fingerprint density at radius 3 is 2.36 bits per heavy atom. The van der Waals surface area contributed by atoms with Crippen molar-refractivity contribution in [2.45, 2.75) is 45.4 Å². The normalized spacial score (nSPS) is 14.2. The van der Waals surface area contributed by atoms with Gasteiger partial charge in [-0.15, -0.1) is 0 Å². The minimum Gasteiger partial charge on any atom is -0.391 e. The molecule has 0 saturated carbocycles. The average Bonchev–Trinajstić information content (AvgIpc) is 2.44. The number of amides is 2. The summed E-state index contributed by atoms with van der Waals surface area (Å²) in [6.07, 6.45) is -0.595. The van der Waals surface area contributed by atoms with Crippen LogP contribution in [0.15, 0.2) is 30.3 Å². The maximum atomic E-state index is 11.8. The van der Waals surface area contributed by atoms with Gasteiger partial charge in [-0.1, -0.05) is 37.8 Å². The number of hydroxylamine groups is 1. The third kappa shape index (κ3) is 6.66. The molecule has 0 spiro atoms.